The molecule has 0 aliphatic carbocycles. The zero-order valence-electron chi connectivity index (χ0n) is 11.8. The molecule has 0 saturated heterocycles. The first-order valence-electron chi connectivity index (χ1n) is 6.61. The van der Waals surface area contributed by atoms with Crippen LogP contribution in [0.4, 0.5) is 0 Å². The summed E-state index contributed by atoms with van der Waals surface area (Å²) in [6.07, 6.45) is 1.48. The fourth-order valence-corrected chi connectivity index (χ4v) is 1.93. The summed E-state index contributed by atoms with van der Waals surface area (Å²) in [5, 5.41) is 0. The van der Waals surface area contributed by atoms with Crippen molar-refractivity contribution in [2.45, 2.75) is 39.7 Å². The lowest BCUT2D eigenvalue weighted by Crippen LogP contribution is -2.40. The Balaban J connectivity index is 2.87. The molecule has 1 atom stereocenters. The van der Waals surface area contributed by atoms with Gasteiger partial charge in [0.2, 0.25) is 0 Å². The van der Waals surface area contributed by atoms with E-state index in [1.165, 1.54) is 0 Å². The average molecular weight is 278 g/mol. The lowest BCUT2D eigenvalue weighted by molar-refractivity contribution is 0.0694. The number of nitrogens with zero attached hydrogens (tertiary/aromatic N) is 1. The van der Waals surface area contributed by atoms with Crippen LogP contribution in [0.2, 0.25) is 0 Å². The molecule has 0 saturated carbocycles. The number of amides is 1. The van der Waals surface area contributed by atoms with Gasteiger partial charge in [0, 0.05) is 24.6 Å². The molecule has 2 N–H and O–H groups in total. The van der Waals surface area contributed by atoms with Gasteiger partial charge in [0.15, 0.2) is 0 Å². The van der Waals surface area contributed by atoms with E-state index in [4.69, 9.17) is 18.0 Å². The van der Waals surface area contributed by atoms with Crippen LogP contribution in [0.5, 0.6) is 0 Å². The number of aryl methyl sites for hydroxylation is 1. The molecule has 1 aromatic carbocycles. The van der Waals surface area contributed by atoms with E-state index < -0.39 is 0 Å². The molecule has 1 rings (SSSR count). The summed E-state index contributed by atoms with van der Waals surface area (Å²) in [5.41, 5.74) is 7.40. The van der Waals surface area contributed by atoms with Crippen LogP contribution in [0.3, 0.4) is 0 Å². The SMILES string of the molecule is CCC(C)N(CCC(N)=S)C(=O)c1ccc(C)cc1. The molecule has 0 aliphatic rings. The quantitative estimate of drug-likeness (QED) is 0.814. The third-order valence-electron chi connectivity index (χ3n) is 3.28. The summed E-state index contributed by atoms with van der Waals surface area (Å²) in [5.74, 6) is 0.0469. The zero-order valence-corrected chi connectivity index (χ0v) is 12.7. The zero-order chi connectivity index (χ0) is 14.4. The summed E-state index contributed by atoms with van der Waals surface area (Å²) in [6, 6.07) is 7.83. The Morgan fingerprint density at radius 1 is 1.37 bits per heavy atom. The van der Waals surface area contributed by atoms with Crippen LogP contribution in [0.25, 0.3) is 0 Å². The maximum atomic E-state index is 12.5. The van der Waals surface area contributed by atoms with E-state index in [0.29, 0.717) is 23.5 Å². The summed E-state index contributed by atoms with van der Waals surface area (Å²) in [7, 11) is 0. The molecule has 1 amide bonds. The molecule has 0 fully saturated rings. The number of carbonyl (C=O) groups excluding carboxylic acids is 1. The van der Waals surface area contributed by atoms with Gasteiger partial charge in [0.1, 0.15) is 0 Å². The summed E-state index contributed by atoms with van der Waals surface area (Å²) in [4.78, 5) is 14.8. The molecule has 104 valence electrons. The Morgan fingerprint density at radius 3 is 2.42 bits per heavy atom. The van der Waals surface area contributed by atoms with E-state index in [2.05, 4.69) is 6.92 Å². The van der Waals surface area contributed by atoms with Gasteiger partial charge in [0.25, 0.3) is 5.91 Å². The lowest BCUT2D eigenvalue weighted by Gasteiger charge is -2.28. The minimum Gasteiger partial charge on any atom is -0.393 e. The van der Waals surface area contributed by atoms with E-state index in [9.17, 15) is 4.79 Å². The monoisotopic (exact) mass is 278 g/mol. The Kier molecular flexibility index (Phi) is 5.96. The minimum absolute atomic E-state index is 0.0469. The number of nitrogens with two attached hydrogens (primary N) is 1. The molecule has 0 heterocycles. The van der Waals surface area contributed by atoms with Gasteiger partial charge in [-0.25, -0.2) is 0 Å². The van der Waals surface area contributed by atoms with Crippen LogP contribution in [-0.4, -0.2) is 28.4 Å². The van der Waals surface area contributed by atoms with Crippen molar-refractivity contribution in [2.24, 2.45) is 5.73 Å². The van der Waals surface area contributed by atoms with Crippen molar-refractivity contribution in [1.29, 1.82) is 0 Å². The first-order valence-corrected chi connectivity index (χ1v) is 7.02. The van der Waals surface area contributed by atoms with Crippen molar-refractivity contribution in [3.8, 4) is 0 Å². The minimum atomic E-state index is 0.0469. The maximum absolute atomic E-state index is 12.5. The normalized spacial score (nSPS) is 11.9. The summed E-state index contributed by atoms with van der Waals surface area (Å²) in [6.45, 7) is 6.71. The molecule has 0 aromatic heterocycles. The largest absolute Gasteiger partial charge is 0.393 e. The van der Waals surface area contributed by atoms with Crippen molar-refractivity contribution in [1.82, 2.24) is 4.90 Å². The van der Waals surface area contributed by atoms with E-state index in [1.807, 2.05) is 43.0 Å². The lowest BCUT2D eigenvalue weighted by atomic mass is 10.1. The predicted molar refractivity (Wildman–Crippen MR) is 83.4 cm³/mol. The Labute approximate surface area is 120 Å². The number of rotatable bonds is 6. The van der Waals surface area contributed by atoms with E-state index in [1.54, 1.807) is 0 Å². The second kappa shape index (κ2) is 7.24. The van der Waals surface area contributed by atoms with Crippen molar-refractivity contribution < 1.29 is 4.79 Å². The highest BCUT2D eigenvalue weighted by Crippen LogP contribution is 2.12. The first-order chi connectivity index (χ1) is 8.95. The molecule has 4 heteroatoms. The van der Waals surface area contributed by atoms with Crippen LogP contribution in [0, 0.1) is 6.92 Å². The molecule has 19 heavy (non-hydrogen) atoms. The topological polar surface area (TPSA) is 46.3 Å². The molecule has 0 bridgehead atoms. The van der Waals surface area contributed by atoms with Crippen molar-refractivity contribution in [3.05, 3.63) is 35.4 Å². The first kappa shape index (κ1) is 15.6. The number of benzene rings is 1. The highest BCUT2D eigenvalue weighted by atomic mass is 32.1. The Hall–Kier alpha value is -1.42. The molecule has 1 aromatic rings. The third-order valence-corrected chi connectivity index (χ3v) is 3.49. The average Bonchev–Trinajstić information content (AvgIpc) is 2.38. The van der Waals surface area contributed by atoms with Gasteiger partial charge >= 0.3 is 0 Å². The van der Waals surface area contributed by atoms with Gasteiger partial charge < -0.3 is 10.6 Å². The standard InChI is InChI=1S/C15H22N2OS/c1-4-12(3)17(10-9-14(16)19)15(18)13-7-5-11(2)6-8-13/h5-8,12H,4,9-10H2,1-3H3,(H2,16,19). The molecule has 0 spiro atoms. The second-order valence-electron chi connectivity index (χ2n) is 4.84. The van der Waals surface area contributed by atoms with Gasteiger partial charge in [-0.15, -0.1) is 0 Å². The Morgan fingerprint density at radius 2 is 1.95 bits per heavy atom. The smallest absolute Gasteiger partial charge is 0.254 e. The summed E-state index contributed by atoms with van der Waals surface area (Å²) < 4.78 is 0. The number of carbonyl (C=O) groups is 1. The second-order valence-corrected chi connectivity index (χ2v) is 5.36. The van der Waals surface area contributed by atoms with Crippen molar-refractivity contribution in [2.75, 3.05) is 6.54 Å². The molecular weight excluding hydrogens is 256 g/mol. The molecule has 1 unspecified atom stereocenters. The van der Waals surface area contributed by atoms with E-state index in [0.717, 1.165) is 12.0 Å². The van der Waals surface area contributed by atoms with Crippen LogP contribution in [0.15, 0.2) is 24.3 Å². The third kappa shape index (κ3) is 4.63. The van der Waals surface area contributed by atoms with Gasteiger partial charge in [-0.2, -0.15) is 0 Å². The van der Waals surface area contributed by atoms with Crippen LogP contribution < -0.4 is 5.73 Å². The fourth-order valence-electron chi connectivity index (χ4n) is 1.84. The fraction of sp³-hybridized carbons (Fsp3) is 0.467. The van der Waals surface area contributed by atoms with Crippen LogP contribution in [-0.2, 0) is 0 Å². The van der Waals surface area contributed by atoms with Crippen molar-refractivity contribution in [3.63, 3.8) is 0 Å². The number of hydrogen-bond acceptors (Lipinski definition) is 2. The predicted octanol–water partition coefficient (Wildman–Crippen LogP) is 2.91. The molecule has 3 nitrogen and oxygen atoms in total. The molecule has 0 aliphatic heterocycles. The van der Waals surface area contributed by atoms with E-state index >= 15 is 0 Å². The molecular formula is C15H22N2OS. The van der Waals surface area contributed by atoms with Gasteiger partial charge in [-0.1, -0.05) is 36.8 Å². The van der Waals surface area contributed by atoms with Crippen molar-refractivity contribution >= 4 is 23.1 Å². The van der Waals surface area contributed by atoms with Crippen LogP contribution >= 0.6 is 12.2 Å². The molecule has 0 radical (unpaired) electrons. The Bertz CT molecular complexity index is 442. The summed E-state index contributed by atoms with van der Waals surface area (Å²) >= 11 is 4.90. The van der Waals surface area contributed by atoms with E-state index in [-0.39, 0.29) is 11.9 Å². The maximum Gasteiger partial charge on any atom is 0.254 e. The number of hydrogen-bond donors (Lipinski definition) is 1. The van der Waals surface area contributed by atoms with Gasteiger partial charge in [0.05, 0.1) is 4.99 Å². The highest BCUT2D eigenvalue weighted by Gasteiger charge is 2.20. The van der Waals surface area contributed by atoms with Gasteiger partial charge in [-0.3, -0.25) is 4.79 Å². The number of thiocarbonyl (C=S) groups is 1. The highest BCUT2D eigenvalue weighted by molar-refractivity contribution is 7.80. The van der Waals surface area contributed by atoms with Gasteiger partial charge in [-0.05, 0) is 32.4 Å². The van der Waals surface area contributed by atoms with Crippen LogP contribution in [0.1, 0.15) is 42.6 Å².